The standard InChI is InChI=1S/C9H9F2NO3/c10-9(11,5-6-13)7-3-1-2-4-8(7)12(14)15/h1-4,13H,5-6H2. The number of nitro groups is 1. The van der Waals surface area contributed by atoms with Crippen molar-refractivity contribution in [2.24, 2.45) is 0 Å². The molecule has 0 aliphatic carbocycles. The molecular weight excluding hydrogens is 208 g/mol. The van der Waals surface area contributed by atoms with Gasteiger partial charge in [0, 0.05) is 19.1 Å². The van der Waals surface area contributed by atoms with Crippen LogP contribution in [0.4, 0.5) is 14.5 Å². The van der Waals surface area contributed by atoms with Crippen molar-refractivity contribution in [2.45, 2.75) is 12.3 Å². The molecule has 0 atom stereocenters. The Morgan fingerprint density at radius 2 is 2.00 bits per heavy atom. The van der Waals surface area contributed by atoms with Gasteiger partial charge in [-0.3, -0.25) is 10.1 Å². The van der Waals surface area contributed by atoms with Crippen molar-refractivity contribution in [3.8, 4) is 0 Å². The van der Waals surface area contributed by atoms with Crippen LogP contribution in [-0.2, 0) is 5.92 Å². The predicted molar refractivity (Wildman–Crippen MR) is 48.7 cm³/mol. The minimum absolute atomic E-state index is 0.629. The van der Waals surface area contributed by atoms with Crippen LogP contribution in [0.3, 0.4) is 0 Å². The van der Waals surface area contributed by atoms with Crippen molar-refractivity contribution in [3.63, 3.8) is 0 Å². The zero-order valence-electron chi connectivity index (χ0n) is 7.69. The largest absolute Gasteiger partial charge is 0.396 e. The Kier molecular flexibility index (Phi) is 3.31. The number of benzene rings is 1. The first-order valence-electron chi connectivity index (χ1n) is 4.21. The summed E-state index contributed by atoms with van der Waals surface area (Å²) in [6, 6.07) is 4.62. The topological polar surface area (TPSA) is 63.4 Å². The maximum Gasteiger partial charge on any atom is 0.282 e. The summed E-state index contributed by atoms with van der Waals surface area (Å²) in [5, 5.41) is 18.9. The minimum atomic E-state index is -3.38. The monoisotopic (exact) mass is 217 g/mol. The number of hydrogen-bond donors (Lipinski definition) is 1. The molecule has 0 unspecified atom stereocenters. The van der Waals surface area contributed by atoms with E-state index >= 15 is 0 Å². The lowest BCUT2D eigenvalue weighted by Gasteiger charge is -2.14. The summed E-state index contributed by atoms with van der Waals surface area (Å²) in [5.41, 5.74) is -1.29. The first kappa shape index (κ1) is 11.5. The van der Waals surface area contributed by atoms with Gasteiger partial charge in [-0.2, -0.15) is 0 Å². The Balaban J connectivity index is 3.18. The maximum atomic E-state index is 13.3. The second kappa shape index (κ2) is 4.31. The molecule has 4 nitrogen and oxygen atoms in total. The van der Waals surface area contributed by atoms with Gasteiger partial charge in [-0.25, -0.2) is 8.78 Å². The molecule has 1 rings (SSSR count). The molecule has 0 bridgehead atoms. The average Bonchev–Trinajstić information content (AvgIpc) is 2.17. The summed E-state index contributed by atoms with van der Waals surface area (Å²) in [5.74, 6) is -3.38. The third kappa shape index (κ3) is 2.47. The van der Waals surface area contributed by atoms with E-state index in [2.05, 4.69) is 0 Å². The van der Waals surface area contributed by atoms with E-state index in [1.165, 1.54) is 12.1 Å². The van der Waals surface area contributed by atoms with Gasteiger partial charge in [0.1, 0.15) is 0 Å². The zero-order chi connectivity index (χ0) is 11.5. The van der Waals surface area contributed by atoms with E-state index in [4.69, 9.17) is 5.11 Å². The van der Waals surface area contributed by atoms with Crippen LogP contribution in [0.5, 0.6) is 0 Å². The molecule has 0 heterocycles. The molecule has 0 aliphatic rings. The fourth-order valence-electron chi connectivity index (χ4n) is 1.22. The molecule has 1 N–H and O–H groups in total. The number of alkyl halides is 2. The fourth-order valence-corrected chi connectivity index (χ4v) is 1.22. The molecule has 0 radical (unpaired) electrons. The Labute approximate surface area is 84.3 Å². The Morgan fingerprint density at radius 1 is 1.40 bits per heavy atom. The zero-order valence-corrected chi connectivity index (χ0v) is 7.69. The van der Waals surface area contributed by atoms with Crippen molar-refractivity contribution in [1.82, 2.24) is 0 Å². The minimum Gasteiger partial charge on any atom is -0.396 e. The van der Waals surface area contributed by atoms with Crippen molar-refractivity contribution >= 4 is 5.69 Å². The van der Waals surface area contributed by atoms with Crippen LogP contribution in [-0.4, -0.2) is 16.6 Å². The highest BCUT2D eigenvalue weighted by atomic mass is 19.3. The number of para-hydroxylation sites is 1. The quantitative estimate of drug-likeness (QED) is 0.620. The van der Waals surface area contributed by atoms with Gasteiger partial charge in [-0.1, -0.05) is 12.1 Å². The molecule has 1 aromatic carbocycles. The van der Waals surface area contributed by atoms with Crippen LogP contribution >= 0.6 is 0 Å². The third-order valence-electron chi connectivity index (χ3n) is 1.92. The lowest BCUT2D eigenvalue weighted by molar-refractivity contribution is -0.387. The van der Waals surface area contributed by atoms with E-state index in [1.54, 1.807) is 0 Å². The number of nitrogens with zero attached hydrogens (tertiary/aromatic N) is 1. The lowest BCUT2D eigenvalue weighted by atomic mass is 10.0. The maximum absolute atomic E-state index is 13.3. The van der Waals surface area contributed by atoms with Crippen LogP contribution in [0.2, 0.25) is 0 Å². The Hall–Kier alpha value is -1.56. The normalized spacial score (nSPS) is 11.4. The van der Waals surface area contributed by atoms with Crippen molar-refractivity contribution < 1.29 is 18.8 Å². The second-order valence-corrected chi connectivity index (χ2v) is 2.95. The number of halogens is 2. The van der Waals surface area contributed by atoms with Crippen LogP contribution in [0.25, 0.3) is 0 Å². The molecule has 82 valence electrons. The molecular formula is C9H9F2NO3. The van der Waals surface area contributed by atoms with Gasteiger partial charge < -0.3 is 5.11 Å². The molecule has 15 heavy (non-hydrogen) atoms. The van der Waals surface area contributed by atoms with Gasteiger partial charge >= 0.3 is 0 Å². The summed E-state index contributed by atoms with van der Waals surface area (Å²) >= 11 is 0. The number of nitro benzene ring substituents is 1. The van der Waals surface area contributed by atoms with Gasteiger partial charge in [-0.05, 0) is 6.07 Å². The summed E-state index contributed by atoms with van der Waals surface area (Å²) in [7, 11) is 0. The highest BCUT2D eigenvalue weighted by Gasteiger charge is 2.37. The number of rotatable bonds is 4. The van der Waals surface area contributed by atoms with Gasteiger partial charge in [0.05, 0.1) is 10.5 Å². The molecule has 0 fully saturated rings. The number of aliphatic hydroxyl groups excluding tert-OH is 1. The van der Waals surface area contributed by atoms with E-state index in [0.717, 1.165) is 12.1 Å². The molecule has 0 amide bonds. The van der Waals surface area contributed by atoms with Crippen molar-refractivity contribution in [3.05, 3.63) is 39.9 Å². The van der Waals surface area contributed by atoms with Gasteiger partial charge in [-0.15, -0.1) is 0 Å². The van der Waals surface area contributed by atoms with Crippen LogP contribution < -0.4 is 0 Å². The van der Waals surface area contributed by atoms with E-state index in [-0.39, 0.29) is 0 Å². The summed E-state index contributed by atoms with van der Waals surface area (Å²) in [6.45, 7) is -0.723. The van der Waals surface area contributed by atoms with Crippen molar-refractivity contribution in [1.29, 1.82) is 0 Å². The molecule has 0 saturated heterocycles. The van der Waals surface area contributed by atoms with Gasteiger partial charge in [0.25, 0.3) is 11.6 Å². The van der Waals surface area contributed by atoms with E-state index in [9.17, 15) is 18.9 Å². The Morgan fingerprint density at radius 3 is 2.53 bits per heavy atom. The molecule has 0 saturated carbocycles. The summed E-state index contributed by atoms with van der Waals surface area (Å²) in [6.07, 6.45) is -0.822. The summed E-state index contributed by atoms with van der Waals surface area (Å²) < 4.78 is 26.6. The van der Waals surface area contributed by atoms with E-state index in [1.807, 2.05) is 0 Å². The predicted octanol–water partition coefficient (Wildman–Crippen LogP) is 2.07. The first-order chi connectivity index (χ1) is 6.99. The van der Waals surface area contributed by atoms with E-state index in [0.29, 0.717) is 0 Å². The second-order valence-electron chi connectivity index (χ2n) is 2.95. The highest BCUT2D eigenvalue weighted by Crippen LogP contribution is 2.36. The lowest BCUT2D eigenvalue weighted by Crippen LogP contribution is -2.17. The SMILES string of the molecule is O=[N+]([O-])c1ccccc1C(F)(F)CCO. The Bertz CT molecular complexity index is 368. The molecule has 0 aliphatic heterocycles. The van der Waals surface area contributed by atoms with Gasteiger partial charge in [0.15, 0.2) is 0 Å². The van der Waals surface area contributed by atoms with Crippen LogP contribution in [0.1, 0.15) is 12.0 Å². The molecule has 0 aromatic heterocycles. The molecule has 0 spiro atoms. The number of hydrogen-bond acceptors (Lipinski definition) is 3. The van der Waals surface area contributed by atoms with Crippen LogP contribution in [0, 0.1) is 10.1 Å². The molecule has 1 aromatic rings. The summed E-state index contributed by atoms with van der Waals surface area (Å²) in [4.78, 5) is 9.62. The smallest absolute Gasteiger partial charge is 0.282 e. The molecule has 6 heteroatoms. The van der Waals surface area contributed by atoms with Gasteiger partial charge in [0.2, 0.25) is 0 Å². The van der Waals surface area contributed by atoms with Crippen molar-refractivity contribution in [2.75, 3.05) is 6.61 Å². The highest BCUT2D eigenvalue weighted by molar-refractivity contribution is 5.42. The van der Waals surface area contributed by atoms with E-state index < -0.39 is 35.1 Å². The number of aliphatic hydroxyl groups is 1. The first-order valence-corrected chi connectivity index (χ1v) is 4.21. The third-order valence-corrected chi connectivity index (χ3v) is 1.92. The average molecular weight is 217 g/mol. The fraction of sp³-hybridized carbons (Fsp3) is 0.333. The van der Waals surface area contributed by atoms with Crippen LogP contribution in [0.15, 0.2) is 24.3 Å².